The summed E-state index contributed by atoms with van der Waals surface area (Å²) in [4.78, 5) is 35.1. The molecule has 1 fully saturated rings. The first-order valence-corrected chi connectivity index (χ1v) is 9.30. The van der Waals surface area contributed by atoms with Crippen LogP contribution >= 0.6 is 0 Å². The molecule has 1 aliphatic rings. The van der Waals surface area contributed by atoms with Crippen molar-refractivity contribution >= 4 is 18.0 Å². The summed E-state index contributed by atoms with van der Waals surface area (Å²) >= 11 is 0. The van der Waals surface area contributed by atoms with Gasteiger partial charge < -0.3 is 19.5 Å². The third-order valence-electron chi connectivity index (χ3n) is 4.05. The van der Waals surface area contributed by atoms with Gasteiger partial charge in [0.15, 0.2) is 0 Å². The van der Waals surface area contributed by atoms with Crippen LogP contribution in [0, 0.1) is 5.92 Å². The lowest BCUT2D eigenvalue weighted by Crippen LogP contribution is -2.43. The van der Waals surface area contributed by atoms with E-state index in [2.05, 4.69) is 5.32 Å². The summed E-state index contributed by atoms with van der Waals surface area (Å²) in [5.41, 5.74) is 0. The van der Waals surface area contributed by atoms with Gasteiger partial charge in [-0.1, -0.05) is 20.3 Å². The van der Waals surface area contributed by atoms with Crippen LogP contribution < -0.4 is 5.32 Å². The van der Waals surface area contributed by atoms with Crippen molar-refractivity contribution in [3.8, 4) is 0 Å². The van der Waals surface area contributed by atoms with Crippen molar-refractivity contribution in [1.29, 1.82) is 0 Å². The topological polar surface area (TPSA) is 90.9 Å². The number of carbonyl (C=O) groups is 3. The van der Waals surface area contributed by atoms with Crippen LogP contribution in [-0.2, 0) is 23.8 Å². The van der Waals surface area contributed by atoms with E-state index in [1.807, 2.05) is 13.8 Å². The van der Waals surface area contributed by atoms with Gasteiger partial charge in [0.25, 0.3) is 0 Å². The molecule has 0 aromatic carbocycles. The fourth-order valence-electron chi connectivity index (χ4n) is 2.55. The third-order valence-corrected chi connectivity index (χ3v) is 4.05. The molecule has 0 bridgehead atoms. The lowest BCUT2D eigenvalue weighted by atomic mass is 9.98. The van der Waals surface area contributed by atoms with Gasteiger partial charge in [-0.2, -0.15) is 0 Å². The zero-order chi connectivity index (χ0) is 19.5. The highest BCUT2D eigenvalue weighted by Gasteiger charge is 2.22. The van der Waals surface area contributed by atoms with Crippen molar-refractivity contribution < 1.29 is 28.6 Å². The quantitative estimate of drug-likeness (QED) is 0.402. The van der Waals surface area contributed by atoms with Crippen LogP contribution in [-0.4, -0.2) is 42.9 Å². The minimum atomic E-state index is -0.668. The second-order valence-electron chi connectivity index (χ2n) is 7.11. The first-order valence-electron chi connectivity index (χ1n) is 9.30. The van der Waals surface area contributed by atoms with E-state index in [1.54, 1.807) is 13.8 Å². The molecule has 1 amide bonds. The Bertz CT molecular complexity index is 494. The fourth-order valence-corrected chi connectivity index (χ4v) is 2.55. The van der Waals surface area contributed by atoms with E-state index in [4.69, 9.17) is 14.2 Å². The molecule has 7 heteroatoms. The summed E-state index contributed by atoms with van der Waals surface area (Å²) in [6.07, 6.45) is 6.40. The van der Waals surface area contributed by atoms with Gasteiger partial charge in [-0.3, -0.25) is 0 Å². The van der Waals surface area contributed by atoms with Gasteiger partial charge in [0.05, 0.1) is 12.1 Å². The maximum atomic E-state index is 12.0. The smallest absolute Gasteiger partial charge is 0.407 e. The predicted molar refractivity (Wildman–Crippen MR) is 96.4 cm³/mol. The lowest BCUT2D eigenvalue weighted by Gasteiger charge is -2.25. The largest absolute Gasteiger partial charge is 0.460 e. The molecule has 1 aliphatic carbocycles. The molecule has 0 radical (unpaired) electrons. The number of esters is 2. The minimum absolute atomic E-state index is 0.000164. The van der Waals surface area contributed by atoms with E-state index in [0.29, 0.717) is 0 Å². The number of alkyl carbamates (subject to hydrolysis) is 1. The van der Waals surface area contributed by atoms with Gasteiger partial charge >= 0.3 is 18.0 Å². The average Bonchev–Trinajstić information content (AvgIpc) is 2.56. The Morgan fingerprint density at radius 2 is 1.62 bits per heavy atom. The van der Waals surface area contributed by atoms with Gasteiger partial charge in [0.1, 0.15) is 12.7 Å². The molecule has 1 saturated carbocycles. The van der Waals surface area contributed by atoms with E-state index in [-0.39, 0.29) is 30.8 Å². The van der Waals surface area contributed by atoms with Crippen LogP contribution in [0.4, 0.5) is 4.79 Å². The summed E-state index contributed by atoms with van der Waals surface area (Å²) in [7, 11) is 0. The number of carbonyl (C=O) groups excluding carboxylic acids is 3. The standard InChI is InChI=1S/C19H31NO6/c1-13(2)16(20-19(23)26-15-8-6-5-7-9-15)12-24-17(21)10-11-18(22)25-14(3)4/h10-11,13-16H,5-9,12H2,1-4H3,(H,20,23)/b11-10+/t16-/m0/s1. The summed E-state index contributed by atoms with van der Waals surface area (Å²) in [5, 5.41) is 2.76. The van der Waals surface area contributed by atoms with Crippen LogP contribution in [0.2, 0.25) is 0 Å². The molecule has 7 nitrogen and oxygen atoms in total. The van der Waals surface area contributed by atoms with Gasteiger partial charge in [-0.05, 0) is 45.4 Å². The number of hydrogen-bond acceptors (Lipinski definition) is 6. The van der Waals surface area contributed by atoms with Crippen molar-refractivity contribution in [1.82, 2.24) is 5.32 Å². The number of rotatable bonds is 8. The van der Waals surface area contributed by atoms with Crippen LogP contribution in [0.1, 0.15) is 59.8 Å². The highest BCUT2D eigenvalue weighted by molar-refractivity contribution is 5.91. The first-order chi connectivity index (χ1) is 12.3. The van der Waals surface area contributed by atoms with Crippen molar-refractivity contribution in [2.45, 2.75) is 78.0 Å². The van der Waals surface area contributed by atoms with Crippen LogP contribution in [0.5, 0.6) is 0 Å². The lowest BCUT2D eigenvalue weighted by molar-refractivity contribution is -0.143. The molecule has 1 rings (SSSR count). The fraction of sp³-hybridized carbons (Fsp3) is 0.737. The molecular formula is C19H31NO6. The number of nitrogens with one attached hydrogen (secondary N) is 1. The minimum Gasteiger partial charge on any atom is -0.460 e. The second-order valence-corrected chi connectivity index (χ2v) is 7.11. The normalized spacial score (nSPS) is 16.5. The SMILES string of the molecule is CC(C)OC(=O)/C=C/C(=O)OC[C@H](NC(=O)OC1CCCCC1)C(C)C. The summed E-state index contributed by atoms with van der Waals surface area (Å²) in [6, 6.07) is -0.369. The predicted octanol–water partition coefficient (Wildman–Crippen LogP) is 3.12. The van der Waals surface area contributed by atoms with Crippen LogP contribution in [0.25, 0.3) is 0 Å². The molecular weight excluding hydrogens is 338 g/mol. The Kier molecular flexibility index (Phi) is 9.76. The number of amides is 1. The molecule has 148 valence electrons. The average molecular weight is 369 g/mol. The second kappa shape index (κ2) is 11.5. The maximum Gasteiger partial charge on any atom is 0.407 e. The van der Waals surface area contributed by atoms with Crippen molar-refractivity contribution in [2.75, 3.05) is 6.61 Å². The highest BCUT2D eigenvalue weighted by Crippen LogP contribution is 2.20. The molecule has 26 heavy (non-hydrogen) atoms. The van der Waals surface area contributed by atoms with Crippen molar-refractivity contribution in [2.24, 2.45) is 5.92 Å². The highest BCUT2D eigenvalue weighted by atomic mass is 16.6. The molecule has 0 spiro atoms. The monoisotopic (exact) mass is 369 g/mol. The Labute approximate surface area is 155 Å². The van der Waals surface area contributed by atoms with E-state index in [0.717, 1.165) is 37.8 Å². The molecule has 1 N–H and O–H groups in total. The van der Waals surface area contributed by atoms with Gasteiger partial charge in [-0.25, -0.2) is 14.4 Å². The molecule has 0 saturated heterocycles. The molecule has 0 unspecified atom stereocenters. The van der Waals surface area contributed by atoms with Crippen LogP contribution in [0.15, 0.2) is 12.2 Å². The van der Waals surface area contributed by atoms with Gasteiger partial charge in [-0.15, -0.1) is 0 Å². The molecule has 1 atom stereocenters. The summed E-state index contributed by atoms with van der Waals surface area (Å²) in [6.45, 7) is 7.26. The maximum absolute atomic E-state index is 12.0. The van der Waals surface area contributed by atoms with Crippen LogP contribution in [0.3, 0.4) is 0 Å². The zero-order valence-electron chi connectivity index (χ0n) is 16.2. The number of hydrogen-bond donors (Lipinski definition) is 1. The van der Waals surface area contributed by atoms with E-state index >= 15 is 0 Å². The summed E-state index contributed by atoms with van der Waals surface area (Å²) < 4.78 is 15.4. The Morgan fingerprint density at radius 3 is 2.19 bits per heavy atom. The van der Waals surface area contributed by atoms with E-state index < -0.39 is 18.0 Å². The van der Waals surface area contributed by atoms with Crippen molar-refractivity contribution in [3.05, 3.63) is 12.2 Å². The van der Waals surface area contributed by atoms with Gasteiger partial charge in [0, 0.05) is 12.2 Å². The first kappa shape index (κ1) is 22.0. The Balaban J connectivity index is 2.39. The third kappa shape index (κ3) is 9.44. The molecule has 0 aromatic heterocycles. The van der Waals surface area contributed by atoms with E-state index in [1.165, 1.54) is 6.42 Å². The van der Waals surface area contributed by atoms with E-state index in [9.17, 15) is 14.4 Å². The van der Waals surface area contributed by atoms with Crippen molar-refractivity contribution in [3.63, 3.8) is 0 Å². The summed E-state index contributed by atoms with van der Waals surface area (Å²) in [5.74, 6) is -1.22. The molecule has 0 aromatic rings. The number of ether oxygens (including phenoxy) is 3. The van der Waals surface area contributed by atoms with Gasteiger partial charge in [0.2, 0.25) is 0 Å². The Hall–Kier alpha value is -2.05. The Morgan fingerprint density at radius 1 is 1.00 bits per heavy atom. The molecule has 0 heterocycles. The molecule has 0 aliphatic heterocycles. The zero-order valence-corrected chi connectivity index (χ0v) is 16.2.